The van der Waals surface area contributed by atoms with E-state index in [1.807, 2.05) is 17.5 Å². The molecule has 0 aliphatic carbocycles. The second kappa shape index (κ2) is 9.01. The van der Waals surface area contributed by atoms with Gasteiger partial charge in [0, 0.05) is 17.0 Å². The van der Waals surface area contributed by atoms with E-state index in [4.69, 9.17) is 4.74 Å². The van der Waals surface area contributed by atoms with Crippen LogP contribution in [0.4, 0.5) is 8.78 Å². The minimum Gasteiger partial charge on any atom is -0.493 e. The predicted octanol–water partition coefficient (Wildman–Crippen LogP) is 3.45. The molecule has 0 radical (unpaired) electrons. The molecule has 1 aromatic heterocycles. The number of methoxy groups -OCH3 is 1. The number of hydrogen-bond acceptors (Lipinski definition) is 5. The first-order valence-electron chi connectivity index (χ1n) is 8.73. The van der Waals surface area contributed by atoms with Crippen LogP contribution < -0.4 is 14.8 Å². The third-order valence-electron chi connectivity index (χ3n) is 4.49. The number of ether oxygens (including phenoxy) is 2. The highest BCUT2D eigenvalue weighted by atomic mass is 32.1. The van der Waals surface area contributed by atoms with Gasteiger partial charge in [0.2, 0.25) is 5.91 Å². The molecule has 28 heavy (non-hydrogen) atoms. The summed E-state index contributed by atoms with van der Waals surface area (Å²) in [5.74, 6) is -0.812. The third-order valence-corrected chi connectivity index (χ3v) is 5.46. The van der Waals surface area contributed by atoms with Gasteiger partial charge in [0.05, 0.1) is 19.7 Å². The molecule has 9 heteroatoms. The number of halogens is 2. The number of rotatable bonds is 7. The van der Waals surface area contributed by atoms with Gasteiger partial charge in [-0.3, -0.25) is 9.59 Å². The Bertz CT molecular complexity index is 829. The number of benzene rings is 1. The van der Waals surface area contributed by atoms with Crippen LogP contribution >= 0.6 is 11.3 Å². The Morgan fingerprint density at radius 3 is 2.82 bits per heavy atom. The van der Waals surface area contributed by atoms with Gasteiger partial charge < -0.3 is 19.7 Å². The zero-order valence-electron chi connectivity index (χ0n) is 15.2. The second-order valence-corrected chi connectivity index (χ2v) is 7.17. The molecule has 2 aromatic rings. The summed E-state index contributed by atoms with van der Waals surface area (Å²) in [4.78, 5) is 27.8. The zero-order valence-corrected chi connectivity index (χ0v) is 16.0. The minimum absolute atomic E-state index is 0.0107. The summed E-state index contributed by atoms with van der Waals surface area (Å²) in [5.41, 5.74) is 0.183. The lowest BCUT2D eigenvalue weighted by Gasteiger charge is -2.24. The van der Waals surface area contributed by atoms with E-state index in [-0.39, 0.29) is 35.6 Å². The van der Waals surface area contributed by atoms with Crippen molar-refractivity contribution in [3.8, 4) is 11.5 Å². The van der Waals surface area contributed by atoms with Gasteiger partial charge in [-0.1, -0.05) is 6.07 Å². The Morgan fingerprint density at radius 2 is 2.14 bits per heavy atom. The molecule has 2 amide bonds. The molecule has 150 valence electrons. The van der Waals surface area contributed by atoms with Crippen molar-refractivity contribution in [1.82, 2.24) is 10.2 Å². The summed E-state index contributed by atoms with van der Waals surface area (Å²) in [5, 5.41) is 4.56. The van der Waals surface area contributed by atoms with Crippen molar-refractivity contribution >= 4 is 23.2 Å². The van der Waals surface area contributed by atoms with Crippen molar-refractivity contribution in [2.45, 2.75) is 25.5 Å². The van der Waals surface area contributed by atoms with Gasteiger partial charge in [-0.25, -0.2) is 0 Å². The van der Waals surface area contributed by atoms with Gasteiger partial charge in [-0.2, -0.15) is 8.78 Å². The molecule has 1 atom stereocenters. The van der Waals surface area contributed by atoms with E-state index < -0.39 is 12.5 Å². The fourth-order valence-electron chi connectivity index (χ4n) is 3.20. The zero-order chi connectivity index (χ0) is 20.1. The molecule has 0 saturated carbocycles. The Hall–Kier alpha value is -2.68. The number of likely N-dealkylation sites (tertiary alicyclic amines) is 1. The van der Waals surface area contributed by atoms with Crippen molar-refractivity contribution in [2.24, 2.45) is 0 Å². The highest BCUT2D eigenvalue weighted by Gasteiger charge is 2.30. The fourth-order valence-corrected chi connectivity index (χ4v) is 4.08. The van der Waals surface area contributed by atoms with E-state index in [9.17, 15) is 18.4 Å². The van der Waals surface area contributed by atoms with Gasteiger partial charge in [0.15, 0.2) is 11.5 Å². The van der Waals surface area contributed by atoms with Gasteiger partial charge in [-0.15, -0.1) is 11.3 Å². The van der Waals surface area contributed by atoms with Crippen LogP contribution in [0.2, 0.25) is 0 Å². The number of thiophene rings is 1. The van der Waals surface area contributed by atoms with Crippen LogP contribution in [0.3, 0.4) is 0 Å². The molecule has 1 N–H and O–H groups in total. The standard InChI is InChI=1S/C19H20F2N2O4S/c1-26-15-10-12(6-7-14(15)27-19(20)21)18(25)22-11-17(24)23-8-2-4-13(23)16-5-3-9-28-16/h3,5-7,9-10,13,19H,2,4,8,11H2,1H3,(H,22,25). The summed E-state index contributed by atoms with van der Waals surface area (Å²) in [6.07, 6.45) is 1.83. The van der Waals surface area contributed by atoms with E-state index in [1.54, 1.807) is 16.2 Å². The number of carbonyl (C=O) groups is 2. The van der Waals surface area contributed by atoms with Crippen molar-refractivity contribution in [3.05, 3.63) is 46.2 Å². The topological polar surface area (TPSA) is 67.9 Å². The maximum atomic E-state index is 12.6. The normalized spacial score (nSPS) is 16.3. The molecule has 1 aromatic carbocycles. The van der Waals surface area contributed by atoms with Crippen molar-refractivity contribution in [2.75, 3.05) is 20.2 Å². The lowest BCUT2D eigenvalue weighted by molar-refractivity contribution is -0.131. The van der Waals surface area contributed by atoms with Gasteiger partial charge in [0.1, 0.15) is 0 Å². The van der Waals surface area contributed by atoms with Crippen LogP contribution in [0, 0.1) is 0 Å². The van der Waals surface area contributed by atoms with Crippen LogP contribution in [0.15, 0.2) is 35.7 Å². The van der Waals surface area contributed by atoms with Crippen LogP contribution in [-0.4, -0.2) is 43.5 Å². The summed E-state index contributed by atoms with van der Waals surface area (Å²) in [6.45, 7) is -2.48. The highest BCUT2D eigenvalue weighted by molar-refractivity contribution is 7.10. The summed E-state index contributed by atoms with van der Waals surface area (Å²) < 4.78 is 34.1. The molecule has 3 rings (SSSR count). The van der Waals surface area contributed by atoms with E-state index in [0.717, 1.165) is 17.7 Å². The number of amides is 2. The maximum Gasteiger partial charge on any atom is 0.387 e. The van der Waals surface area contributed by atoms with Crippen LogP contribution in [-0.2, 0) is 4.79 Å². The number of carbonyl (C=O) groups excluding carboxylic acids is 2. The van der Waals surface area contributed by atoms with E-state index in [2.05, 4.69) is 10.1 Å². The first-order valence-corrected chi connectivity index (χ1v) is 9.61. The Balaban J connectivity index is 1.61. The van der Waals surface area contributed by atoms with Gasteiger partial charge in [0.25, 0.3) is 5.91 Å². The first-order chi connectivity index (χ1) is 13.5. The van der Waals surface area contributed by atoms with E-state index in [1.165, 1.54) is 25.3 Å². The first kappa shape index (κ1) is 20.1. The number of nitrogens with zero attached hydrogens (tertiary/aromatic N) is 1. The summed E-state index contributed by atoms with van der Waals surface area (Å²) in [6, 6.07) is 7.88. The molecule has 1 unspecified atom stereocenters. The lowest BCUT2D eigenvalue weighted by atomic mass is 10.2. The SMILES string of the molecule is COc1cc(C(=O)NCC(=O)N2CCCC2c2cccs2)ccc1OC(F)F. The van der Waals surface area contributed by atoms with Crippen LogP contribution in [0.5, 0.6) is 11.5 Å². The van der Waals surface area contributed by atoms with Gasteiger partial charge >= 0.3 is 6.61 Å². The molecule has 1 aliphatic heterocycles. The van der Waals surface area contributed by atoms with Crippen molar-refractivity contribution in [3.63, 3.8) is 0 Å². The molecule has 1 aliphatic rings. The van der Waals surface area contributed by atoms with Crippen LogP contribution in [0.1, 0.15) is 34.1 Å². The molecule has 1 fully saturated rings. The summed E-state index contributed by atoms with van der Waals surface area (Å²) in [7, 11) is 1.29. The highest BCUT2D eigenvalue weighted by Crippen LogP contribution is 2.34. The molecule has 0 spiro atoms. The molecular formula is C19H20F2N2O4S. The van der Waals surface area contributed by atoms with E-state index >= 15 is 0 Å². The smallest absolute Gasteiger partial charge is 0.387 e. The quantitative estimate of drug-likeness (QED) is 0.759. The number of alkyl halides is 2. The van der Waals surface area contributed by atoms with E-state index in [0.29, 0.717) is 6.54 Å². The number of hydrogen-bond donors (Lipinski definition) is 1. The Morgan fingerprint density at radius 1 is 1.32 bits per heavy atom. The largest absolute Gasteiger partial charge is 0.493 e. The second-order valence-electron chi connectivity index (χ2n) is 6.19. The lowest BCUT2D eigenvalue weighted by Crippen LogP contribution is -2.39. The average molecular weight is 410 g/mol. The Kier molecular flexibility index (Phi) is 6.45. The minimum atomic E-state index is -3.00. The third kappa shape index (κ3) is 4.59. The Labute approximate surface area is 165 Å². The van der Waals surface area contributed by atoms with Crippen LogP contribution in [0.25, 0.3) is 0 Å². The predicted molar refractivity (Wildman–Crippen MR) is 100.0 cm³/mol. The number of nitrogens with one attached hydrogen (secondary N) is 1. The molecular weight excluding hydrogens is 390 g/mol. The molecule has 1 saturated heterocycles. The maximum absolute atomic E-state index is 12.6. The molecule has 0 bridgehead atoms. The van der Waals surface area contributed by atoms with Crippen molar-refractivity contribution in [1.29, 1.82) is 0 Å². The molecule has 6 nitrogen and oxygen atoms in total. The fraction of sp³-hybridized carbons (Fsp3) is 0.368. The monoisotopic (exact) mass is 410 g/mol. The summed E-state index contributed by atoms with van der Waals surface area (Å²) >= 11 is 1.61. The average Bonchev–Trinajstić information content (AvgIpc) is 3.36. The van der Waals surface area contributed by atoms with Gasteiger partial charge in [-0.05, 0) is 42.5 Å². The van der Waals surface area contributed by atoms with Crippen molar-refractivity contribution < 1.29 is 27.8 Å². The molecule has 2 heterocycles.